The third-order valence-corrected chi connectivity index (χ3v) is 3.67. The van der Waals surface area contributed by atoms with Crippen molar-refractivity contribution < 1.29 is 4.39 Å². The van der Waals surface area contributed by atoms with Crippen LogP contribution < -0.4 is 5.32 Å². The maximum atomic E-state index is 13.6. The van der Waals surface area contributed by atoms with Gasteiger partial charge in [0.2, 0.25) is 0 Å². The lowest BCUT2D eigenvalue weighted by Gasteiger charge is -2.09. The van der Waals surface area contributed by atoms with E-state index >= 15 is 0 Å². The number of halogens is 2. The fourth-order valence-corrected chi connectivity index (χ4v) is 2.45. The second kappa shape index (κ2) is 4.94. The summed E-state index contributed by atoms with van der Waals surface area (Å²) in [7, 11) is 1.91. The molecule has 0 saturated heterocycles. The van der Waals surface area contributed by atoms with Crippen molar-refractivity contribution in [3.8, 4) is 5.69 Å². The monoisotopic (exact) mass is 279 g/mol. The molecule has 0 aliphatic heterocycles. The van der Waals surface area contributed by atoms with Crippen LogP contribution in [0.1, 0.15) is 30.0 Å². The van der Waals surface area contributed by atoms with Crippen molar-refractivity contribution in [2.24, 2.45) is 0 Å². The standard InChI is InChI=1S/C14H15ClFN3/c1-17-7-10-8-18-19(14(10)9-2-3-9)11-4-5-12(15)13(16)6-11/h4-6,8-9,17H,2-3,7H2,1H3. The highest BCUT2D eigenvalue weighted by molar-refractivity contribution is 6.30. The zero-order valence-electron chi connectivity index (χ0n) is 10.7. The van der Waals surface area contributed by atoms with Crippen LogP contribution in [0.5, 0.6) is 0 Å². The van der Waals surface area contributed by atoms with Crippen molar-refractivity contribution in [3.05, 3.63) is 46.5 Å². The van der Waals surface area contributed by atoms with Crippen molar-refractivity contribution in [1.82, 2.24) is 15.1 Å². The lowest BCUT2D eigenvalue weighted by Crippen LogP contribution is -2.08. The van der Waals surface area contributed by atoms with Crippen LogP contribution in [0.15, 0.2) is 24.4 Å². The van der Waals surface area contributed by atoms with E-state index in [1.165, 1.54) is 30.2 Å². The smallest absolute Gasteiger partial charge is 0.143 e. The lowest BCUT2D eigenvalue weighted by atomic mass is 10.1. The summed E-state index contributed by atoms with van der Waals surface area (Å²) in [6, 6.07) is 4.81. The second-order valence-electron chi connectivity index (χ2n) is 4.87. The van der Waals surface area contributed by atoms with E-state index in [9.17, 15) is 4.39 Å². The normalized spacial score (nSPS) is 14.9. The number of rotatable bonds is 4. The Kier molecular flexibility index (Phi) is 3.29. The van der Waals surface area contributed by atoms with Gasteiger partial charge >= 0.3 is 0 Å². The molecule has 1 aromatic carbocycles. The molecule has 1 N–H and O–H groups in total. The van der Waals surface area contributed by atoms with Gasteiger partial charge in [0.05, 0.1) is 22.6 Å². The molecule has 1 aromatic heterocycles. The average Bonchev–Trinajstić information content (AvgIpc) is 3.15. The fraction of sp³-hybridized carbons (Fsp3) is 0.357. The Labute approximate surface area is 116 Å². The van der Waals surface area contributed by atoms with Gasteiger partial charge in [-0.25, -0.2) is 9.07 Å². The Morgan fingerprint density at radius 2 is 2.26 bits per heavy atom. The molecule has 0 spiro atoms. The van der Waals surface area contributed by atoms with Crippen LogP contribution in [0.3, 0.4) is 0 Å². The SMILES string of the molecule is CNCc1cnn(-c2ccc(Cl)c(F)c2)c1C1CC1. The van der Waals surface area contributed by atoms with Gasteiger partial charge in [0.15, 0.2) is 0 Å². The summed E-state index contributed by atoms with van der Waals surface area (Å²) in [5, 5.41) is 7.69. The molecule has 0 radical (unpaired) electrons. The molecule has 1 fully saturated rings. The Morgan fingerprint density at radius 1 is 1.47 bits per heavy atom. The molecule has 3 rings (SSSR count). The van der Waals surface area contributed by atoms with E-state index in [0.29, 0.717) is 5.92 Å². The quantitative estimate of drug-likeness (QED) is 0.931. The minimum Gasteiger partial charge on any atom is -0.316 e. The molecule has 19 heavy (non-hydrogen) atoms. The van der Waals surface area contributed by atoms with E-state index in [-0.39, 0.29) is 5.02 Å². The van der Waals surface area contributed by atoms with E-state index in [2.05, 4.69) is 10.4 Å². The predicted octanol–water partition coefficient (Wildman–Crippen LogP) is 3.26. The fourth-order valence-electron chi connectivity index (χ4n) is 2.33. The third-order valence-electron chi connectivity index (χ3n) is 3.37. The molecule has 1 aliphatic rings. The van der Waals surface area contributed by atoms with Crippen LogP contribution >= 0.6 is 11.6 Å². The third kappa shape index (κ3) is 2.38. The molecule has 2 aromatic rings. The highest BCUT2D eigenvalue weighted by Gasteiger charge is 2.30. The van der Waals surface area contributed by atoms with Gasteiger partial charge in [0.25, 0.3) is 0 Å². The van der Waals surface area contributed by atoms with Crippen molar-refractivity contribution in [2.75, 3.05) is 7.05 Å². The van der Waals surface area contributed by atoms with Crippen LogP contribution in [0.2, 0.25) is 5.02 Å². The van der Waals surface area contributed by atoms with E-state index < -0.39 is 5.82 Å². The molecule has 1 aliphatic carbocycles. The highest BCUT2D eigenvalue weighted by Crippen LogP contribution is 2.42. The van der Waals surface area contributed by atoms with E-state index in [4.69, 9.17) is 11.6 Å². The zero-order chi connectivity index (χ0) is 13.4. The van der Waals surface area contributed by atoms with Gasteiger partial charge in [-0.15, -0.1) is 0 Å². The molecule has 100 valence electrons. The minimum absolute atomic E-state index is 0.138. The van der Waals surface area contributed by atoms with Crippen LogP contribution in [-0.4, -0.2) is 16.8 Å². The highest BCUT2D eigenvalue weighted by atomic mass is 35.5. The van der Waals surface area contributed by atoms with Crippen molar-refractivity contribution in [1.29, 1.82) is 0 Å². The van der Waals surface area contributed by atoms with Crippen molar-refractivity contribution in [3.63, 3.8) is 0 Å². The molecule has 0 bridgehead atoms. The van der Waals surface area contributed by atoms with Gasteiger partial charge in [-0.3, -0.25) is 0 Å². The van der Waals surface area contributed by atoms with Gasteiger partial charge in [-0.1, -0.05) is 11.6 Å². The molecule has 0 amide bonds. The van der Waals surface area contributed by atoms with Crippen LogP contribution in [-0.2, 0) is 6.54 Å². The Morgan fingerprint density at radius 3 is 2.89 bits per heavy atom. The van der Waals surface area contributed by atoms with Crippen LogP contribution in [0.4, 0.5) is 4.39 Å². The first-order valence-corrected chi connectivity index (χ1v) is 6.75. The van der Waals surface area contributed by atoms with Gasteiger partial charge < -0.3 is 5.32 Å². The van der Waals surface area contributed by atoms with Gasteiger partial charge in [-0.05, 0) is 32.0 Å². The molecule has 1 heterocycles. The number of benzene rings is 1. The summed E-state index contributed by atoms with van der Waals surface area (Å²) >= 11 is 5.72. The zero-order valence-corrected chi connectivity index (χ0v) is 11.4. The average molecular weight is 280 g/mol. The van der Waals surface area contributed by atoms with Gasteiger partial charge in [0.1, 0.15) is 5.82 Å². The van der Waals surface area contributed by atoms with E-state index in [0.717, 1.165) is 12.2 Å². The molecule has 0 atom stereocenters. The molecule has 1 saturated carbocycles. The molecule has 0 unspecified atom stereocenters. The minimum atomic E-state index is -0.411. The molecule has 5 heteroatoms. The van der Waals surface area contributed by atoms with Gasteiger partial charge in [-0.2, -0.15) is 5.10 Å². The predicted molar refractivity (Wildman–Crippen MR) is 73.3 cm³/mol. The first kappa shape index (κ1) is 12.6. The van der Waals surface area contributed by atoms with Crippen molar-refractivity contribution >= 4 is 11.6 Å². The summed E-state index contributed by atoms with van der Waals surface area (Å²) in [6.07, 6.45) is 4.22. The number of hydrogen-bond acceptors (Lipinski definition) is 2. The Hall–Kier alpha value is -1.39. The van der Waals surface area contributed by atoms with Gasteiger partial charge in [0, 0.05) is 24.1 Å². The maximum absolute atomic E-state index is 13.6. The second-order valence-corrected chi connectivity index (χ2v) is 5.28. The Bertz CT molecular complexity index is 605. The largest absolute Gasteiger partial charge is 0.316 e. The molecular weight excluding hydrogens is 265 g/mol. The number of hydrogen-bond donors (Lipinski definition) is 1. The topological polar surface area (TPSA) is 29.9 Å². The van der Waals surface area contributed by atoms with Crippen LogP contribution in [0.25, 0.3) is 5.69 Å². The first-order chi connectivity index (χ1) is 9.20. The summed E-state index contributed by atoms with van der Waals surface area (Å²) in [6.45, 7) is 0.780. The number of nitrogens with one attached hydrogen (secondary N) is 1. The first-order valence-electron chi connectivity index (χ1n) is 6.37. The number of nitrogens with zero attached hydrogens (tertiary/aromatic N) is 2. The van der Waals surface area contributed by atoms with Crippen molar-refractivity contribution in [2.45, 2.75) is 25.3 Å². The van der Waals surface area contributed by atoms with Crippen LogP contribution in [0, 0.1) is 5.82 Å². The summed E-state index contributed by atoms with van der Waals surface area (Å²) in [4.78, 5) is 0. The summed E-state index contributed by atoms with van der Waals surface area (Å²) < 4.78 is 15.4. The Balaban J connectivity index is 2.06. The molecule has 3 nitrogen and oxygen atoms in total. The van der Waals surface area contributed by atoms with E-state index in [1.807, 2.05) is 17.9 Å². The summed E-state index contributed by atoms with van der Waals surface area (Å²) in [5.74, 6) is 0.135. The summed E-state index contributed by atoms with van der Waals surface area (Å²) in [5.41, 5.74) is 3.10. The molecular formula is C14H15ClFN3. The lowest BCUT2D eigenvalue weighted by molar-refractivity contribution is 0.625. The maximum Gasteiger partial charge on any atom is 0.143 e. The number of aromatic nitrogens is 2. The van der Waals surface area contributed by atoms with E-state index in [1.54, 1.807) is 12.1 Å².